The summed E-state index contributed by atoms with van der Waals surface area (Å²) >= 11 is 0. The van der Waals surface area contributed by atoms with Gasteiger partial charge in [-0.1, -0.05) is 12.2 Å². The number of phenols is 2. The monoisotopic (exact) mass is 246 g/mol. The van der Waals surface area contributed by atoms with Crippen molar-refractivity contribution in [2.75, 3.05) is 0 Å². The lowest BCUT2D eigenvalue weighted by Crippen LogP contribution is -1.92. The van der Waals surface area contributed by atoms with Crippen LogP contribution >= 0.6 is 0 Å². The lowest BCUT2D eigenvalue weighted by atomic mass is 9.98. The Morgan fingerprint density at radius 3 is 2.61 bits per heavy atom. The average Bonchev–Trinajstić information content (AvgIpc) is 2.73. The largest absolute Gasteiger partial charge is 0.507 e. The van der Waals surface area contributed by atoms with Crippen molar-refractivity contribution in [3.05, 3.63) is 35.1 Å². The molecule has 1 aromatic carbocycles. The summed E-state index contributed by atoms with van der Waals surface area (Å²) in [5.41, 5.74) is 2.70. The minimum absolute atomic E-state index is 0.131. The number of aryl methyl sites for hydroxylation is 1. The molecule has 0 radical (unpaired) electrons. The number of aromatic hydroxyl groups is 2. The fraction of sp³-hybridized carbons (Fsp3) is 0.333. The number of rotatable bonds is 3. The van der Waals surface area contributed by atoms with Gasteiger partial charge in [-0.15, -0.1) is 0 Å². The molecule has 3 heteroatoms. The van der Waals surface area contributed by atoms with Gasteiger partial charge in [-0.2, -0.15) is 0 Å². The maximum absolute atomic E-state index is 10.3. The fourth-order valence-electron chi connectivity index (χ4n) is 2.25. The van der Waals surface area contributed by atoms with Crippen LogP contribution in [-0.2, 0) is 6.42 Å². The Balaban J connectivity index is 2.61. The van der Waals surface area contributed by atoms with Crippen LogP contribution in [0.15, 0.2) is 22.8 Å². The van der Waals surface area contributed by atoms with Gasteiger partial charge >= 0.3 is 0 Å². The van der Waals surface area contributed by atoms with Gasteiger partial charge in [0.1, 0.15) is 5.75 Å². The van der Waals surface area contributed by atoms with Crippen molar-refractivity contribution in [3.8, 4) is 11.5 Å². The zero-order chi connectivity index (χ0) is 13.3. The Morgan fingerprint density at radius 1 is 1.22 bits per heavy atom. The predicted molar refractivity (Wildman–Crippen MR) is 72.2 cm³/mol. The van der Waals surface area contributed by atoms with Crippen molar-refractivity contribution in [1.82, 2.24) is 0 Å². The first-order chi connectivity index (χ1) is 8.57. The van der Waals surface area contributed by atoms with Crippen molar-refractivity contribution in [3.63, 3.8) is 0 Å². The number of hydrogen-bond acceptors (Lipinski definition) is 3. The zero-order valence-corrected chi connectivity index (χ0v) is 10.9. The summed E-state index contributed by atoms with van der Waals surface area (Å²) in [4.78, 5) is 0. The molecule has 1 heterocycles. The molecule has 18 heavy (non-hydrogen) atoms. The van der Waals surface area contributed by atoms with Crippen molar-refractivity contribution >= 4 is 11.0 Å². The van der Waals surface area contributed by atoms with E-state index in [-0.39, 0.29) is 11.5 Å². The van der Waals surface area contributed by atoms with Gasteiger partial charge in [0.15, 0.2) is 11.3 Å². The molecule has 2 aromatic rings. The molecule has 0 atom stereocenters. The number of phenolic OH excluding ortho intramolecular Hbond substituents is 2. The van der Waals surface area contributed by atoms with Crippen LogP contribution in [0.3, 0.4) is 0 Å². The van der Waals surface area contributed by atoms with E-state index < -0.39 is 0 Å². The van der Waals surface area contributed by atoms with Crippen molar-refractivity contribution in [1.29, 1.82) is 0 Å². The maximum Gasteiger partial charge on any atom is 0.179 e. The summed E-state index contributed by atoms with van der Waals surface area (Å²) in [6.45, 7) is 5.63. The molecule has 96 valence electrons. The Morgan fingerprint density at radius 2 is 1.94 bits per heavy atom. The normalized spacial score (nSPS) is 11.7. The van der Waals surface area contributed by atoms with Gasteiger partial charge in [-0.3, -0.25) is 0 Å². The Kier molecular flexibility index (Phi) is 3.32. The highest BCUT2D eigenvalue weighted by molar-refractivity contribution is 5.94. The molecule has 0 fully saturated rings. The average molecular weight is 246 g/mol. The highest BCUT2D eigenvalue weighted by Gasteiger charge is 2.19. The first-order valence-electron chi connectivity index (χ1n) is 6.10. The molecular formula is C15H18O3. The Bertz CT molecular complexity index is 606. The van der Waals surface area contributed by atoms with Gasteiger partial charge < -0.3 is 14.6 Å². The Hall–Kier alpha value is -1.90. The molecule has 2 N–H and O–H groups in total. The summed E-state index contributed by atoms with van der Waals surface area (Å²) in [7, 11) is 0. The molecule has 0 bridgehead atoms. The number of benzene rings is 1. The molecule has 0 aliphatic heterocycles. The second kappa shape index (κ2) is 4.77. The van der Waals surface area contributed by atoms with Crippen LogP contribution < -0.4 is 0 Å². The second-order valence-corrected chi connectivity index (χ2v) is 4.53. The fourth-order valence-corrected chi connectivity index (χ4v) is 2.25. The van der Waals surface area contributed by atoms with E-state index in [0.29, 0.717) is 23.0 Å². The summed E-state index contributed by atoms with van der Waals surface area (Å²) in [5.74, 6) is 0.363. The summed E-state index contributed by atoms with van der Waals surface area (Å²) < 4.78 is 5.30. The third kappa shape index (κ3) is 1.86. The van der Waals surface area contributed by atoms with Crippen LogP contribution in [-0.4, -0.2) is 10.2 Å². The third-order valence-electron chi connectivity index (χ3n) is 3.32. The van der Waals surface area contributed by atoms with Crippen molar-refractivity contribution < 1.29 is 14.6 Å². The minimum atomic E-state index is 0.131. The molecule has 0 aliphatic carbocycles. The van der Waals surface area contributed by atoms with Crippen molar-refractivity contribution in [2.45, 2.75) is 33.6 Å². The summed E-state index contributed by atoms with van der Waals surface area (Å²) in [6, 6.07) is 0. The van der Waals surface area contributed by atoms with Crippen molar-refractivity contribution in [2.24, 2.45) is 0 Å². The molecule has 0 amide bonds. The van der Waals surface area contributed by atoms with Gasteiger partial charge in [-0.05, 0) is 39.2 Å². The molecule has 0 aliphatic rings. The van der Waals surface area contributed by atoms with Gasteiger partial charge in [-0.25, -0.2) is 0 Å². The Labute approximate surface area is 106 Å². The SMILES string of the molecule is C/C=C/CCc1c(C)c(O)c2occ(C)c2c1O. The molecule has 0 unspecified atom stereocenters. The summed E-state index contributed by atoms with van der Waals surface area (Å²) in [5, 5.41) is 21.1. The van der Waals surface area contributed by atoms with E-state index in [2.05, 4.69) is 0 Å². The van der Waals surface area contributed by atoms with Gasteiger partial charge in [0.25, 0.3) is 0 Å². The first kappa shape index (κ1) is 12.6. The maximum atomic E-state index is 10.3. The van der Waals surface area contributed by atoms with Crippen LogP contribution in [0, 0.1) is 13.8 Å². The number of allylic oxidation sites excluding steroid dienone is 2. The second-order valence-electron chi connectivity index (χ2n) is 4.53. The standard InChI is InChI=1S/C15H18O3/c1-4-5-6-7-11-10(3)13(16)15-12(14(11)17)9(2)8-18-15/h4-5,8,16-17H,6-7H2,1-3H3/b5-4+. The third-order valence-corrected chi connectivity index (χ3v) is 3.32. The molecule has 0 spiro atoms. The topological polar surface area (TPSA) is 53.6 Å². The van der Waals surface area contributed by atoms with E-state index >= 15 is 0 Å². The zero-order valence-electron chi connectivity index (χ0n) is 10.9. The smallest absolute Gasteiger partial charge is 0.179 e. The highest BCUT2D eigenvalue weighted by atomic mass is 16.3. The van der Waals surface area contributed by atoms with Crippen LogP contribution in [0.4, 0.5) is 0 Å². The number of hydrogen-bond donors (Lipinski definition) is 2. The van der Waals surface area contributed by atoms with E-state index in [4.69, 9.17) is 4.42 Å². The van der Waals surface area contributed by atoms with Gasteiger partial charge in [0.2, 0.25) is 0 Å². The summed E-state index contributed by atoms with van der Waals surface area (Å²) in [6.07, 6.45) is 7.12. The van der Waals surface area contributed by atoms with Crippen LogP contribution in [0.5, 0.6) is 11.5 Å². The van der Waals surface area contributed by atoms with Crippen LogP contribution in [0.2, 0.25) is 0 Å². The predicted octanol–water partition coefficient (Wildman–Crippen LogP) is 3.97. The molecule has 0 saturated carbocycles. The van der Waals surface area contributed by atoms with Gasteiger partial charge in [0, 0.05) is 11.1 Å². The lowest BCUT2D eigenvalue weighted by molar-refractivity contribution is 0.449. The van der Waals surface area contributed by atoms with E-state index in [1.807, 2.05) is 26.0 Å². The molecule has 0 saturated heterocycles. The minimum Gasteiger partial charge on any atom is -0.507 e. The molecule has 2 rings (SSSR count). The first-order valence-corrected chi connectivity index (χ1v) is 6.10. The highest BCUT2D eigenvalue weighted by Crippen LogP contribution is 2.42. The van der Waals surface area contributed by atoms with Gasteiger partial charge in [0.05, 0.1) is 11.6 Å². The van der Waals surface area contributed by atoms with E-state index in [1.54, 1.807) is 13.2 Å². The lowest BCUT2D eigenvalue weighted by Gasteiger charge is -2.11. The quantitative estimate of drug-likeness (QED) is 0.636. The van der Waals surface area contributed by atoms with Crippen LogP contribution in [0.1, 0.15) is 30.0 Å². The number of furan rings is 1. The van der Waals surface area contributed by atoms with Crippen LogP contribution in [0.25, 0.3) is 11.0 Å². The van der Waals surface area contributed by atoms with E-state index in [0.717, 1.165) is 17.5 Å². The molecular weight excluding hydrogens is 228 g/mol. The van der Waals surface area contributed by atoms with E-state index in [9.17, 15) is 10.2 Å². The molecule has 1 aromatic heterocycles. The van der Waals surface area contributed by atoms with E-state index in [1.165, 1.54) is 0 Å². The molecule has 3 nitrogen and oxygen atoms in total. The number of fused-ring (bicyclic) bond motifs is 1.